The summed E-state index contributed by atoms with van der Waals surface area (Å²) in [6, 6.07) is 11.4. The first kappa shape index (κ1) is 33.9. The van der Waals surface area contributed by atoms with Gasteiger partial charge >= 0.3 is 0 Å². The molecular weight excluding hydrogens is 723 g/mol. The zero-order valence-corrected chi connectivity index (χ0v) is 29.1. The molecule has 0 saturated heterocycles. The van der Waals surface area contributed by atoms with Crippen LogP contribution < -0.4 is 0 Å². The lowest BCUT2D eigenvalue weighted by molar-refractivity contribution is 0.293. The van der Waals surface area contributed by atoms with Gasteiger partial charge in [0.25, 0.3) is 0 Å². The smallest absolute Gasteiger partial charge is 0.243 e. The van der Waals surface area contributed by atoms with E-state index in [0.29, 0.717) is 35.0 Å². The number of rotatable bonds is 6. The van der Waals surface area contributed by atoms with E-state index < -0.39 is 32.1 Å². The Bertz CT molecular complexity index is 2230. The fourth-order valence-corrected chi connectivity index (χ4v) is 9.49. The number of hydrogen-bond donors (Lipinski definition) is 2. The number of aromatic nitrogens is 8. The standard InChI is InChI=1S/2C16H14ClN5O2S/c17-13-1-3-14(4-2-13)25(23,24)22-9-12-8-20-21-15(12)5-16(22)11-6-18-10-19-7-11;17-12-1-3-13(4-2-12)25(23,24)22-6-5-15-14(9-20-21-15)16(22)11-7-18-10-19-8-11/h1-4,6-8,10,16H,5,9H2,(H,20,21);1-4,7-10,16H,5-6H2,(H,20,21). The summed E-state index contributed by atoms with van der Waals surface area (Å²) in [4.78, 5) is 16.5. The predicted octanol–water partition coefficient (Wildman–Crippen LogP) is 4.53. The molecule has 0 aliphatic carbocycles. The van der Waals surface area contributed by atoms with Crippen molar-refractivity contribution in [3.05, 3.63) is 142 Å². The van der Waals surface area contributed by atoms with E-state index in [1.807, 2.05) is 0 Å². The molecule has 0 radical (unpaired) electrons. The molecule has 2 aliphatic rings. The number of fused-ring (bicyclic) bond motifs is 2. The Kier molecular flexibility index (Phi) is 9.47. The van der Waals surface area contributed by atoms with Crippen LogP contribution in [0.15, 0.2) is 108 Å². The molecule has 256 valence electrons. The van der Waals surface area contributed by atoms with Crippen LogP contribution in [0.3, 0.4) is 0 Å². The molecule has 2 atom stereocenters. The number of nitrogens with zero attached hydrogens (tertiary/aromatic N) is 8. The average Bonchev–Trinajstić information content (AvgIpc) is 3.82. The molecule has 2 aromatic carbocycles. The lowest BCUT2D eigenvalue weighted by Crippen LogP contribution is -2.40. The zero-order valence-electron chi connectivity index (χ0n) is 26.0. The molecule has 14 nitrogen and oxygen atoms in total. The van der Waals surface area contributed by atoms with Crippen molar-refractivity contribution >= 4 is 43.2 Å². The summed E-state index contributed by atoms with van der Waals surface area (Å²) in [7, 11) is -7.44. The lowest BCUT2D eigenvalue weighted by atomic mass is 9.97. The Hall–Kier alpha value is -4.58. The van der Waals surface area contributed by atoms with Crippen LogP contribution in [0.1, 0.15) is 45.7 Å². The maximum Gasteiger partial charge on any atom is 0.243 e. The minimum Gasteiger partial charge on any atom is -0.282 e. The molecule has 4 aromatic heterocycles. The van der Waals surface area contributed by atoms with E-state index in [4.69, 9.17) is 23.2 Å². The Labute approximate surface area is 297 Å². The minimum atomic E-state index is -3.72. The van der Waals surface area contributed by atoms with Crippen LogP contribution in [0.25, 0.3) is 0 Å². The topological polar surface area (TPSA) is 184 Å². The third kappa shape index (κ3) is 6.65. The third-order valence-corrected chi connectivity index (χ3v) is 12.7. The van der Waals surface area contributed by atoms with E-state index in [9.17, 15) is 16.8 Å². The highest BCUT2D eigenvalue weighted by Gasteiger charge is 2.39. The quantitative estimate of drug-likeness (QED) is 0.245. The van der Waals surface area contributed by atoms with Gasteiger partial charge in [0, 0.05) is 94.4 Å². The molecule has 6 heterocycles. The molecule has 0 spiro atoms. The van der Waals surface area contributed by atoms with Crippen molar-refractivity contribution in [1.82, 2.24) is 48.9 Å². The van der Waals surface area contributed by atoms with Crippen molar-refractivity contribution in [2.75, 3.05) is 6.54 Å². The normalized spacial score (nSPS) is 18.0. The Morgan fingerprint density at radius 2 is 1.16 bits per heavy atom. The van der Waals surface area contributed by atoms with E-state index in [-0.39, 0.29) is 16.3 Å². The van der Waals surface area contributed by atoms with Crippen LogP contribution in [-0.4, -0.2) is 72.3 Å². The Morgan fingerprint density at radius 1 is 0.640 bits per heavy atom. The van der Waals surface area contributed by atoms with Crippen molar-refractivity contribution in [3.63, 3.8) is 0 Å². The maximum absolute atomic E-state index is 13.2. The highest BCUT2D eigenvalue weighted by Crippen LogP contribution is 2.38. The van der Waals surface area contributed by atoms with Gasteiger partial charge in [-0.15, -0.1) is 0 Å². The third-order valence-electron chi connectivity index (χ3n) is 8.50. The molecule has 0 bridgehead atoms. The molecule has 2 aliphatic heterocycles. The van der Waals surface area contributed by atoms with Crippen molar-refractivity contribution in [2.24, 2.45) is 0 Å². The first-order chi connectivity index (χ1) is 24.1. The number of aromatic amines is 2. The Balaban J connectivity index is 0.000000157. The molecule has 0 fully saturated rings. The molecule has 2 unspecified atom stereocenters. The molecule has 18 heteroatoms. The summed E-state index contributed by atoms with van der Waals surface area (Å²) in [5.74, 6) is 0. The monoisotopic (exact) mass is 750 g/mol. The highest BCUT2D eigenvalue weighted by molar-refractivity contribution is 7.89. The molecule has 8 rings (SSSR count). The molecule has 2 N–H and O–H groups in total. The second-order valence-electron chi connectivity index (χ2n) is 11.5. The summed E-state index contributed by atoms with van der Waals surface area (Å²) in [6.45, 7) is 0.566. The largest absolute Gasteiger partial charge is 0.282 e. The number of sulfonamides is 2. The minimum absolute atomic E-state index is 0.200. The number of hydrogen-bond acceptors (Lipinski definition) is 10. The zero-order chi connectivity index (χ0) is 34.9. The fraction of sp³-hybridized carbons (Fsp3) is 0.188. The summed E-state index contributed by atoms with van der Waals surface area (Å²) in [5.41, 5.74) is 4.97. The maximum atomic E-state index is 13.2. The van der Waals surface area contributed by atoms with Gasteiger partial charge in [-0.3, -0.25) is 10.2 Å². The summed E-state index contributed by atoms with van der Waals surface area (Å²) < 4.78 is 55.8. The van der Waals surface area contributed by atoms with Crippen LogP contribution >= 0.6 is 23.2 Å². The highest BCUT2D eigenvalue weighted by atomic mass is 35.5. The summed E-state index contributed by atoms with van der Waals surface area (Å²) in [6.07, 6.45) is 13.8. The van der Waals surface area contributed by atoms with Crippen LogP contribution in [0, 0.1) is 0 Å². The van der Waals surface area contributed by atoms with Gasteiger partial charge in [-0.2, -0.15) is 18.8 Å². The number of nitrogens with one attached hydrogen (secondary N) is 2. The van der Waals surface area contributed by atoms with Crippen molar-refractivity contribution in [3.8, 4) is 0 Å². The molecular formula is C32H28Cl2N10O4S2. The second-order valence-corrected chi connectivity index (χ2v) is 16.1. The first-order valence-electron chi connectivity index (χ1n) is 15.2. The SMILES string of the molecule is O=S(=O)(c1ccc(Cl)cc1)N1CCc2[nH]ncc2C1c1cncnc1.O=S(=O)(c1ccc(Cl)cc1)N1Cc2cn[nH]c2CC1c1cncnc1. The van der Waals surface area contributed by atoms with Gasteiger partial charge in [0.05, 0.1) is 34.3 Å². The van der Waals surface area contributed by atoms with Gasteiger partial charge in [0.2, 0.25) is 20.0 Å². The molecule has 0 saturated carbocycles. The number of benzene rings is 2. The van der Waals surface area contributed by atoms with E-state index in [1.165, 1.54) is 45.5 Å². The number of halogens is 2. The van der Waals surface area contributed by atoms with E-state index in [1.54, 1.807) is 61.4 Å². The summed E-state index contributed by atoms with van der Waals surface area (Å²) in [5, 5.41) is 15.0. The van der Waals surface area contributed by atoms with E-state index in [0.717, 1.165) is 28.1 Å². The van der Waals surface area contributed by atoms with Crippen molar-refractivity contribution in [2.45, 2.75) is 41.3 Å². The van der Waals surface area contributed by atoms with Crippen LogP contribution in [0.5, 0.6) is 0 Å². The van der Waals surface area contributed by atoms with Gasteiger partial charge < -0.3 is 0 Å². The van der Waals surface area contributed by atoms with E-state index in [2.05, 4.69) is 40.3 Å². The van der Waals surface area contributed by atoms with Gasteiger partial charge in [-0.1, -0.05) is 23.2 Å². The molecule has 6 aromatic rings. The van der Waals surface area contributed by atoms with Crippen LogP contribution in [0.2, 0.25) is 10.0 Å². The predicted molar refractivity (Wildman–Crippen MR) is 183 cm³/mol. The van der Waals surface area contributed by atoms with Gasteiger partial charge in [0.1, 0.15) is 12.7 Å². The Morgan fingerprint density at radius 3 is 1.76 bits per heavy atom. The van der Waals surface area contributed by atoms with Gasteiger partial charge in [-0.05, 0) is 48.5 Å². The van der Waals surface area contributed by atoms with E-state index >= 15 is 0 Å². The fourth-order valence-electron chi connectivity index (χ4n) is 6.05. The number of H-pyrrole nitrogens is 2. The summed E-state index contributed by atoms with van der Waals surface area (Å²) >= 11 is 11.8. The van der Waals surface area contributed by atoms with Crippen LogP contribution in [-0.2, 0) is 39.4 Å². The van der Waals surface area contributed by atoms with Crippen molar-refractivity contribution in [1.29, 1.82) is 0 Å². The average molecular weight is 752 g/mol. The lowest BCUT2D eigenvalue weighted by Gasteiger charge is -2.34. The van der Waals surface area contributed by atoms with Gasteiger partial charge in [0.15, 0.2) is 0 Å². The molecule has 0 amide bonds. The van der Waals surface area contributed by atoms with Gasteiger partial charge in [-0.25, -0.2) is 36.8 Å². The van der Waals surface area contributed by atoms with Crippen molar-refractivity contribution < 1.29 is 16.8 Å². The molecule has 50 heavy (non-hydrogen) atoms. The second kappa shape index (κ2) is 14.0. The first-order valence-corrected chi connectivity index (χ1v) is 18.8. The van der Waals surface area contributed by atoms with Crippen LogP contribution in [0.4, 0.5) is 0 Å².